The number of aryl methyl sites for hydroxylation is 2. The van der Waals surface area contributed by atoms with Crippen LogP contribution < -0.4 is 10.1 Å². The number of hydrogen-bond acceptors (Lipinski definition) is 2. The molecule has 4 heteroatoms. The maximum Gasteiger partial charge on any atom is 0.255 e. The molecule has 0 aliphatic carbocycles. The lowest BCUT2D eigenvalue weighted by Gasteiger charge is -2.12. The van der Waals surface area contributed by atoms with E-state index < -0.39 is 0 Å². The van der Waals surface area contributed by atoms with E-state index in [1.807, 2.05) is 32.0 Å². The van der Waals surface area contributed by atoms with Gasteiger partial charge < -0.3 is 10.1 Å². The predicted octanol–water partition coefficient (Wildman–Crippen LogP) is 5.20. The lowest BCUT2D eigenvalue weighted by atomic mass is 10.1. The van der Waals surface area contributed by atoms with Gasteiger partial charge in [0.05, 0.1) is 6.61 Å². The van der Waals surface area contributed by atoms with Crippen molar-refractivity contribution >= 4 is 34.2 Å². The van der Waals surface area contributed by atoms with Gasteiger partial charge in [-0.05, 0) is 89.9 Å². The summed E-state index contributed by atoms with van der Waals surface area (Å²) in [5, 5.41) is 2.98. The first-order valence-corrected chi connectivity index (χ1v) is 8.75. The smallest absolute Gasteiger partial charge is 0.255 e. The van der Waals surface area contributed by atoms with Gasteiger partial charge in [-0.2, -0.15) is 0 Å². The van der Waals surface area contributed by atoms with Gasteiger partial charge in [0, 0.05) is 14.8 Å². The Morgan fingerprint density at radius 3 is 2.39 bits per heavy atom. The van der Waals surface area contributed by atoms with E-state index in [0.29, 0.717) is 18.1 Å². The van der Waals surface area contributed by atoms with Gasteiger partial charge in [0.15, 0.2) is 0 Å². The lowest BCUT2D eigenvalue weighted by molar-refractivity contribution is 0.102. The molecule has 3 nitrogen and oxygen atoms in total. The highest BCUT2D eigenvalue weighted by atomic mass is 127. The number of rotatable bonds is 5. The van der Waals surface area contributed by atoms with Crippen LogP contribution in [0.2, 0.25) is 0 Å². The minimum absolute atomic E-state index is 0.107. The Kier molecular flexibility index (Phi) is 6.04. The quantitative estimate of drug-likeness (QED) is 0.672. The van der Waals surface area contributed by atoms with Gasteiger partial charge in [0.1, 0.15) is 5.75 Å². The van der Waals surface area contributed by atoms with Crippen molar-refractivity contribution in [2.75, 3.05) is 11.9 Å². The Hall–Kier alpha value is -1.56. The third-order valence-electron chi connectivity index (χ3n) is 3.45. The SMILES string of the molecule is Cc1cc(NC(=O)c2ccc(OCC(C)C)cc2)c(C)cc1I. The molecule has 0 fully saturated rings. The first-order chi connectivity index (χ1) is 10.9. The number of halogens is 1. The van der Waals surface area contributed by atoms with Crippen LogP contribution >= 0.6 is 22.6 Å². The standard InChI is InChI=1S/C19H22INO2/c1-12(2)11-23-16-7-5-15(6-8-16)19(22)21-18-10-13(3)17(20)9-14(18)4/h5-10,12H,11H2,1-4H3,(H,21,22). The average molecular weight is 423 g/mol. The Morgan fingerprint density at radius 2 is 1.78 bits per heavy atom. The molecule has 0 saturated heterocycles. The average Bonchev–Trinajstić information content (AvgIpc) is 2.51. The number of amides is 1. The third-order valence-corrected chi connectivity index (χ3v) is 4.62. The van der Waals surface area contributed by atoms with Gasteiger partial charge in [-0.1, -0.05) is 13.8 Å². The zero-order valence-corrected chi connectivity index (χ0v) is 16.1. The van der Waals surface area contributed by atoms with Crippen molar-refractivity contribution < 1.29 is 9.53 Å². The Balaban J connectivity index is 2.07. The highest BCUT2D eigenvalue weighted by Gasteiger charge is 2.09. The number of nitrogens with one attached hydrogen (secondary N) is 1. The van der Waals surface area contributed by atoms with Crippen LogP contribution in [0.15, 0.2) is 36.4 Å². The Labute approximate surface area is 151 Å². The molecule has 0 radical (unpaired) electrons. The van der Waals surface area contributed by atoms with E-state index in [2.05, 4.69) is 47.8 Å². The Morgan fingerprint density at radius 1 is 1.13 bits per heavy atom. The summed E-state index contributed by atoms with van der Waals surface area (Å²) in [6.45, 7) is 8.92. The fourth-order valence-corrected chi connectivity index (χ4v) is 2.70. The zero-order valence-electron chi connectivity index (χ0n) is 13.9. The number of carbonyl (C=O) groups excluding carboxylic acids is 1. The van der Waals surface area contributed by atoms with Gasteiger partial charge in [-0.25, -0.2) is 0 Å². The van der Waals surface area contributed by atoms with E-state index in [1.165, 1.54) is 3.57 Å². The summed E-state index contributed by atoms with van der Waals surface area (Å²) in [5.74, 6) is 1.16. The largest absolute Gasteiger partial charge is 0.493 e. The normalized spacial score (nSPS) is 10.7. The number of ether oxygens (including phenoxy) is 1. The lowest BCUT2D eigenvalue weighted by Crippen LogP contribution is -2.13. The summed E-state index contributed by atoms with van der Waals surface area (Å²) < 4.78 is 6.83. The van der Waals surface area contributed by atoms with E-state index in [-0.39, 0.29) is 5.91 Å². The first-order valence-electron chi connectivity index (χ1n) is 7.67. The van der Waals surface area contributed by atoms with E-state index >= 15 is 0 Å². The monoisotopic (exact) mass is 423 g/mol. The molecule has 122 valence electrons. The number of anilines is 1. The van der Waals surface area contributed by atoms with E-state index in [1.54, 1.807) is 12.1 Å². The molecule has 0 saturated carbocycles. The van der Waals surface area contributed by atoms with Crippen LogP contribution in [0.5, 0.6) is 5.75 Å². The maximum atomic E-state index is 12.4. The summed E-state index contributed by atoms with van der Waals surface area (Å²) >= 11 is 2.30. The van der Waals surface area contributed by atoms with E-state index in [4.69, 9.17) is 4.74 Å². The van der Waals surface area contributed by atoms with Gasteiger partial charge in [-0.15, -0.1) is 0 Å². The van der Waals surface area contributed by atoms with Crippen LogP contribution in [0, 0.1) is 23.3 Å². The number of carbonyl (C=O) groups is 1. The molecule has 1 amide bonds. The van der Waals surface area contributed by atoms with Crippen molar-refractivity contribution in [1.29, 1.82) is 0 Å². The molecule has 2 aromatic rings. The Bertz CT molecular complexity index is 693. The topological polar surface area (TPSA) is 38.3 Å². The zero-order chi connectivity index (χ0) is 17.0. The summed E-state index contributed by atoms with van der Waals surface area (Å²) in [4.78, 5) is 12.4. The molecule has 23 heavy (non-hydrogen) atoms. The fraction of sp³-hybridized carbons (Fsp3) is 0.316. The molecule has 0 atom stereocenters. The van der Waals surface area contributed by atoms with Crippen LogP contribution in [0.1, 0.15) is 35.3 Å². The molecule has 0 aliphatic rings. The highest BCUT2D eigenvalue weighted by molar-refractivity contribution is 14.1. The molecule has 1 N–H and O–H groups in total. The first kappa shape index (κ1) is 17.8. The van der Waals surface area contributed by atoms with Crippen LogP contribution in [0.3, 0.4) is 0 Å². The molecular formula is C19H22INO2. The molecule has 0 aliphatic heterocycles. The maximum absolute atomic E-state index is 12.4. The van der Waals surface area contributed by atoms with Crippen molar-refractivity contribution in [2.45, 2.75) is 27.7 Å². The van der Waals surface area contributed by atoms with Gasteiger partial charge in [0.25, 0.3) is 5.91 Å². The summed E-state index contributed by atoms with van der Waals surface area (Å²) in [7, 11) is 0. The highest BCUT2D eigenvalue weighted by Crippen LogP contribution is 2.23. The molecule has 0 unspecified atom stereocenters. The molecule has 2 rings (SSSR count). The molecule has 0 aromatic heterocycles. The van der Waals surface area contributed by atoms with E-state index in [0.717, 1.165) is 22.6 Å². The molecular weight excluding hydrogens is 401 g/mol. The van der Waals surface area contributed by atoms with Crippen LogP contribution in [-0.2, 0) is 0 Å². The summed E-state index contributed by atoms with van der Waals surface area (Å²) in [6, 6.07) is 11.3. The minimum Gasteiger partial charge on any atom is -0.493 e. The van der Waals surface area contributed by atoms with Crippen molar-refractivity contribution in [2.24, 2.45) is 5.92 Å². The van der Waals surface area contributed by atoms with Gasteiger partial charge in [-0.3, -0.25) is 4.79 Å². The van der Waals surface area contributed by atoms with Crippen LogP contribution in [0.4, 0.5) is 5.69 Å². The van der Waals surface area contributed by atoms with Crippen LogP contribution in [-0.4, -0.2) is 12.5 Å². The number of benzene rings is 2. The number of hydrogen-bond donors (Lipinski definition) is 1. The van der Waals surface area contributed by atoms with Crippen molar-refractivity contribution in [3.63, 3.8) is 0 Å². The molecule has 0 heterocycles. The summed E-state index contributed by atoms with van der Waals surface area (Å²) in [5.41, 5.74) is 3.69. The predicted molar refractivity (Wildman–Crippen MR) is 103 cm³/mol. The van der Waals surface area contributed by atoms with E-state index in [9.17, 15) is 4.79 Å². The van der Waals surface area contributed by atoms with Crippen molar-refractivity contribution in [1.82, 2.24) is 0 Å². The van der Waals surface area contributed by atoms with Crippen molar-refractivity contribution in [3.8, 4) is 5.75 Å². The molecule has 2 aromatic carbocycles. The third kappa shape index (κ3) is 4.96. The van der Waals surface area contributed by atoms with Gasteiger partial charge >= 0.3 is 0 Å². The second kappa shape index (κ2) is 7.81. The molecule has 0 bridgehead atoms. The molecule has 0 spiro atoms. The summed E-state index contributed by atoms with van der Waals surface area (Å²) in [6.07, 6.45) is 0. The van der Waals surface area contributed by atoms with Crippen molar-refractivity contribution in [3.05, 3.63) is 56.7 Å². The van der Waals surface area contributed by atoms with Crippen LogP contribution in [0.25, 0.3) is 0 Å². The fourth-order valence-electron chi connectivity index (χ4n) is 2.08. The van der Waals surface area contributed by atoms with Gasteiger partial charge in [0.2, 0.25) is 0 Å². The second-order valence-corrected chi connectivity index (χ2v) is 7.26. The minimum atomic E-state index is -0.107. The second-order valence-electron chi connectivity index (χ2n) is 6.10.